The molecule has 1 fully saturated rings. The summed E-state index contributed by atoms with van der Waals surface area (Å²) in [5, 5.41) is 22.4. The summed E-state index contributed by atoms with van der Waals surface area (Å²) < 4.78 is 5.35. The van der Waals surface area contributed by atoms with Gasteiger partial charge in [0.05, 0.1) is 18.8 Å². The van der Waals surface area contributed by atoms with Crippen LogP contribution >= 0.6 is 0 Å². The maximum atomic E-state index is 9.92. The van der Waals surface area contributed by atoms with E-state index in [0.29, 0.717) is 0 Å². The average molecular weight is 290 g/mol. The fourth-order valence-corrected chi connectivity index (χ4v) is 1.64. The Bertz CT molecular complexity index is 280. The summed E-state index contributed by atoms with van der Waals surface area (Å²) in [5.41, 5.74) is 6.28. The molecule has 1 saturated heterocycles. The van der Waals surface area contributed by atoms with Gasteiger partial charge in [0.1, 0.15) is 0 Å². The Hall–Kier alpha value is 0.294. The summed E-state index contributed by atoms with van der Waals surface area (Å²) in [6.45, 7) is 4.85. The third-order valence-electron chi connectivity index (χ3n) is 3.00. The van der Waals surface area contributed by atoms with Gasteiger partial charge in [-0.05, 0) is 12.5 Å². The summed E-state index contributed by atoms with van der Waals surface area (Å²) in [4.78, 5) is 2.59. The van der Waals surface area contributed by atoms with Crippen molar-refractivity contribution in [1.82, 2.24) is 0 Å². The molecule has 1 rings (SSSR count). The van der Waals surface area contributed by atoms with Gasteiger partial charge in [0, 0.05) is 43.0 Å². The molecule has 0 bridgehead atoms. The number of nitrogens with zero attached hydrogens (tertiary/aromatic N) is 3. The number of aliphatic hydroxyl groups is 2. The molecule has 1 heterocycles. The van der Waals surface area contributed by atoms with Crippen LogP contribution in [-0.4, -0.2) is 34.8 Å². The summed E-state index contributed by atoms with van der Waals surface area (Å²) in [5.74, 6) is 0. The number of azide groups is 1. The third kappa shape index (κ3) is 2.35. The molecule has 0 aromatic carbocycles. The van der Waals surface area contributed by atoms with Gasteiger partial charge in [0.2, 0.25) is 0 Å². The fraction of sp³-hybridized carbons (Fsp3) is 1.00. The SMILES string of the molecule is C[C@@H]1O[C@@](CO)(N=[N+]=[N-])[C@@H](O)C1(C)C.[Y]. The van der Waals surface area contributed by atoms with Crippen molar-refractivity contribution in [1.29, 1.82) is 0 Å². The first-order valence-corrected chi connectivity index (χ1v) is 4.43. The van der Waals surface area contributed by atoms with E-state index in [1.54, 1.807) is 20.8 Å². The van der Waals surface area contributed by atoms with Crippen molar-refractivity contribution in [2.75, 3.05) is 6.61 Å². The molecule has 0 aliphatic carbocycles. The second-order valence-corrected chi connectivity index (χ2v) is 4.18. The maximum absolute atomic E-state index is 9.92. The predicted octanol–water partition coefficient (Wildman–Crippen LogP) is 0.789. The molecule has 3 atom stereocenters. The van der Waals surface area contributed by atoms with E-state index in [2.05, 4.69) is 10.0 Å². The maximum Gasteiger partial charge on any atom is 0.196 e. The minimum atomic E-state index is -1.53. The van der Waals surface area contributed by atoms with E-state index in [4.69, 9.17) is 15.4 Å². The Morgan fingerprint density at radius 1 is 1.53 bits per heavy atom. The van der Waals surface area contributed by atoms with Crippen LogP contribution in [0.3, 0.4) is 0 Å². The smallest absolute Gasteiger partial charge is 0.196 e. The van der Waals surface area contributed by atoms with E-state index in [9.17, 15) is 5.11 Å². The van der Waals surface area contributed by atoms with Gasteiger partial charge in [-0.15, -0.1) is 0 Å². The second kappa shape index (κ2) is 5.08. The molecule has 1 aliphatic heterocycles. The quantitative estimate of drug-likeness (QED) is 0.447. The van der Waals surface area contributed by atoms with Crippen LogP contribution < -0.4 is 0 Å². The normalized spacial score (nSPS) is 37.9. The van der Waals surface area contributed by atoms with Crippen LogP contribution in [0.4, 0.5) is 0 Å². The van der Waals surface area contributed by atoms with Crippen molar-refractivity contribution in [3.63, 3.8) is 0 Å². The molecule has 6 nitrogen and oxygen atoms in total. The Kier molecular flexibility index (Phi) is 5.18. The molecule has 15 heavy (non-hydrogen) atoms. The number of rotatable bonds is 2. The first-order chi connectivity index (χ1) is 6.40. The Labute approximate surface area is 114 Å². The van der Waals surface area contributed by atoms with Gasteiger partial charge in [-0.1, -0.05) is 19.0 Å². The number of hydrogen-bond donors (Lipinski definition) is 2. The zero-order valence-corrected chi connectivity index (χ0v) is 11.9. The van der Waals surface area contributed by atoms with Crippen molar-refractivity contribution in [2.45, 2.75) is 38.7 Å². The Morgan fingerprint density at radius 2 is 2.07 bits per heavy atom. The van der Waals surface area contributed by atoms with Crippen LogP contribution in [0.25, 0.3) is 10.4 Å². The fourth-order valence-electron chi connectivity index (χ4n) is 1.64. The standard InChI is InChI=1S/C8H15N3O3.Y/c1-5-7(2,3)6(13)8(4-12,14-5)10-11-9;/h5-6,12-13H,4H2,1-3H3;/t5-,6-,8+;/m0./s1. The van der Waals surface area contributed by atoms with Gasteiger partial charge in [0.25, 0.3) is 0 Å². The number of hydrogen-bond acceptors (Lipinski definition) is 4. The topological polar surface area (TPSA) is 98.5 Å². The Balaban J connectivity index is 0.00000196. The van der Waals surface area contributed by atoms with Gasteiger partial charge in [-0.3, -0.25) is 0 Å². The van der Waals surface area contributed by atoms with Gasteiger partial charge in [-0.25, -0.2) is 0 Å². The van der Waals surface area contributed by atoms with Crippen LogP contribution in [0.15, 0.2) is 5.11 Å². The molecule has 0 amide bonds. The molecule has 0 aromatic heterocycles. The molecule has 0 spiro atoms. The average Bonchev–Trinajstić information content (AvgIpc) is 2.29. The molecule has 0 unspecified atom stereocenters. The molecule has 1 radical (unpaired) electrons. The zero-order chi connectivity index (χ0) is 11.0. The second-order valence-electron chi connectivity index (χ2n) is 4.18. The minimum Gasteiger partial charge on any atom is -0.393 e. The first-order valence-electron chi connectivity index (χ1n) is 4.43. The van der Waals surface area contributed by atoms with Crippen LogP contribution in [0.1, 0.15) is 20.8 Å². The van der Waals surface area contributed by atoms with E-state index in [1.165, 1.54) is 0 Å². The molecular weight excluding hydrogens is 275 g/mol. The monoisotopic (exact) mass is 290 g/mol. The van der Waals surface area contributed by atoms with Crippen molar-refractivity contribution in [3.8, 4) is 0 Å². The zero-order valence-electron chi connectivity index (χ0n) is 9.08. The molecule has 0 saturated carbocycles. The predicted molar refractivity (Wildman–Crippen MR) is 49.3 cm³/mol. The molecular formula is C8H15N3O3Y. The summed E-state index contributed by atoms with van der Waals surface area (Å²) in [6, 6.07) is 0. The van der Waals surface area contributed by atoms with Gasteiger partial charge in [0.15, 0.2) is 5.72 Å². The van der Waals surface area contributed by atoms with E-state index in [-0.39, 0.29) is 38.8 Å². The van der Waals surface area contributed by atoms with Crippen LogP contribution in [-0.2, 0) is 37.4 Å². The van der Waals surface area contributed by atoms with E-state index < -0.39 is 23.9 Å². The molecule has 0 aromatic rings. The van der Waals surface area contributed by atoms with Crippen molar-refractivity contribution < 1.29 is 47.7 Å². The first kappa shape index (κ1) is 15.3. The summed E-state index contributed by atoms with van der Waals surface area (Å²) in [6.07, 6.45) is -1.29. The van der Waals surface area contributed by atoms with Gasteiger partial charge < -0.3 is 14.9 Å². The van der Waals surface area contributed by atoms with Crippen molar-refractivity contribution in [2.24, 2.45) is 10.5 Å². The van der Waals surface area contributed by atoms with E-state index in [1.807, 2.05) is 0 Å². The molecule has 83 valence electrons. The molecule has 1 aliphatic rings. The summed E-state index contributed by atoms with van der Waals surface area (Å²) in [7, 11) is 0. The molecule has 2 N–H and O–H groups in total. The summed E-state index contributed by atoms with van der Waals surface area (Å²) >= 11 is 0. The molecule has 7 heteroatoms. The van der Waals surface area contributed by atoms with E-state index in [0.717, 1.165) is 0 Å². The van der Waals surface area contributed by atoms with Gasteiger partial charge in [-0.2, -0.15) is 0 Å². The van der Waals surface area contributed by atoms with Crippen molar-refractivity contribution in [3.05, 3.63) is 10.4 Å². The number of ether oxygens (including phenoxy) is 1. The Morgan fingerprint density at radius 3 is 2.33 bits per heavy atom. The van der Waals surface area contributed by atoms with Crippen LogP contribution in [0.2, 0.25) is 0 Å². The minimum absolute atomic E-state index is 0. The largest absolute Gasteiger partial charge is 0.393 e. The van der Waals surface area contributed by atoms with E-state index >= 15 is 0 Å². The number of aliphatic hydroxyl groups excluding tert-OH is 2. The van der Waals surface area contributed by atoms with Crippen LogP contribution in [0.5, 0.6) is 0 Å². The van der Waals surface area contributed by atoms with Crippen molar-refractivity contribution >= 4 is 0 Å². The van der Waals surface area contributed by atoms with Crippen LogP contribution in [0, 0.1) is 5.41 Å². The third-order valence-corrected chi connectivity index (χ3v) is 3.00. The van der Waals surface area contributed by atoms with Gasteiger partial charge >= 0.3 is 0 Å².